The van der Waals surface area contributed by atoms with Crippen molar-refractivity contribution >= 4 is 0 Å². The highest BCUT2D eigenvalue weighted by atomic mass is 16.7. The number of hydrogen-bond donors (Lipinski definition) is 0. The van der Waals surface area contributed by atoms with Crippen LogP contribution in [-0.4, -0.2) is 59.8 Å². The van der Waals surface area contributed by atoms with Gasteiger partial charge in [0.05, 0.1) is 33.5 Å². The van der Waals surface area contributed by atoms with Gasteiger partial charge in [0, 0.05) is 12.7 Å². The molecule has 2 aliphatic rings. The van der Waals surface area contributed by atoms with Crippen molar-refractivity contribution < 1.29 is 33.2 Å². The van der Waals surface area contributed by atoms with Gasteiger partial charge in [-0.15, -0.1) is 0 Å². The van der Waals surface area contributed by atoms with E-state index in [1.807, 2.05) is 18.2 Å². The Kier molecular flexibility index (Phi) is 6.87. The number of fused-ring (bicyclic) bond motifs is 1. The van der Waals surface area contributed by atoms with E-state index in [9.17, 15) is 0 Å². The zero-order chi connectivity index (χ0) is 18.4. The largest absolute Gasteiger partial charge is 0.497 e. The quantitative estimate of drug-likeness (QED) is 0.491. The van der Waals surface area contributed by atoms with Gasteiger partial charge in [-0.05, 0) is 30.2 Å². The molecule has 0 spiro atoms. The van der Waals surface area contributed by atoms with E-state index in [4.69, 9.17) is 33.2 Å². The molecule has 1 saturated heterocycles. The Hall–Kier alpha value is -1.64. The second-order valence-electron chi connectivity index (χ2n) is 6.19. The highest BCUT2D eigenvalue weighted by Gasteiger charge is 2.39. The molecule has 0 amide bonds. The fraction of sp³-hybridized carbons (Fsp3) is 0.579. The summed E-state index contributed by atoms with van der Waals surface area (Å²) in [4.78, 5) is 0. The molecule has 1 aliphatic heterocycles. The maximum Gasteiger partial charge on any atom is 0.148 e. The minimum atomic E-state index is -0.101. The van der Waals surface area contributed by atoms with E-state index in [0.29, 0.717) is 13.2 Å². The standard InChI is InChI=1S/C19H26O7/c1-20-11-24-17-6-13(7-18-19(17)26-12-25-18)9-23-10-14-8-15(21-2)4-5-16(14)22-3/h4-5,7-8,17-19H,6,9-12H2,1-3H3/t17-,18-,19+/m1/s1. The van der Waals surface area contributed by atoms with Crippen LogP contribution in [0.3, 0.4) is 0 Å². The van der Waals surface area contributed by atoms with Gasteiger partial charge in [0.15, 0.2) is 0 Å². The lowest BCUT2D eigenvalue weighted by atomic mass is 9.92. The van der Waals surface area contributed by atoms with E-state index >= 15 is 0 Å². The second-order valence-corrected chi connectivity index (χ2v) is 6.19. The molecule has 0 unspecified atom stereocenters. The lowest BCUT2D eigenvalue weighted by molar-refractivity contribution is -0.119. The average Bonchev–Trinajstić information content (AvgIpc) is 3.14. The molecule has 0 bridgehead atoms. The Morgan fingerprint density at radius 1 is 1.08 bits per heavy atom. The summed E-state index contributed by atoms with van der Waals surface area (Å²) in [6.07, 6.45) is 2.51. The van der Waals surface area contributed by atoms with Gasteiger partial charge in [0.25, 0.3) is 0 Å². The molecule has 7 nitrogen and oxygen atoms in total. The summed E-state index contributed by atoms with van der Waals surface area (Å²) in [7, 11) is 4.89. The molecule has 3 atom stereocenters. The van der Waals surface area contributed by atoms with Crippen molar-refractivity contribution in [3.8, 4) is 11.5 Å². The Bertz CT molecular complexity index is 616. The fourth-order valence-electron chi connectivity index (χ4n) is 3.23. The van der Waals surface area contributed by atoms with Crippen LogP contribution in [0.1, 0.15) is 12.0 Å². The lowest BCUT2D eigenvalue weighted by Crippen LogP contribution is -2.40. The number of rotatable bonds is 9. The molecular weight excluding hydrogens is 340 g/mol. The summed E-state index contributed by atoms with van der Waals surface area (Å²) >= 11 is 0. The van der Waals surface area contributed by atoms with Gasteiger partial charge in [-0.2, -0.15) is 0 Å². The predicted molar refractivity (Wildman–Crippen MR) is 93.3 cm³/mol. The van der Waals surface area contributed by atoms with Gasteiger partial charge in [0.2, 0.25) is 0 Å². The third-order valence-corrected chi connectivity index (χ3v) is 4.51. The molecule has 0 saturated carbocycles. The van der Waals surface area contributed by atoms with Crippen LogP contribution in [0.5, 0.6) is 11.5 Å². The first-order valence-electron chi connectivity index (χ1n) is 8.57. The van der Waals surface area contributed by atoms with Crippen LogP contribution >= 0.6 is 0 Å². The van der Waals surface area contributed by atoms with Gasteiger partial charge in [-0.1, -0.05) is 6.08 Å². The molecule has 1 aromatic carbocycles. The van der Waals surface area contributed by atoms with Crippen LogP contribution in [0.15, 0.2) is 29.8 Å². The monoisotopic (exact) mass is 366 g/mol. The predicted octanol–water partition coefficient (Wildman–Crippen LogP) is 2.28. The maximum atomic E-state index is 5.92. The van der Waals surface area contributed by atoms with Gasteiger partial charge in [-0.3, -0.25) is 0 Å². The Labute approximate surface area is 153 Å². The van der Waals surface area contributed by atoms with Crippen LogP contribution in [-0.2, 0) is 30.3 Å². The maximum absolute atomic E-state index is 5.92. The lowest BCUT2D eigenvalue weighted by Gasteiger charge is -2.30. The van der Waals surface area contributed by atoms with E-state index < -0.39 is 0 Å². The first kappa shape index (κ1) is 19.1. The van der Waals surface area contributed by atoms with Crippen molar-refractivity contribution in [2.24, 2.45) is 0 Å². The Balaban J connectivity index is 1.59. The summed E-state index contributed by atoms with van der Waals surface area (Å²) < 4.78 is 38.6. The summed E-state index contributed by atoms with van der Waals surface area (Å²) in [5.41, 5.74) is 2.06. The van der Waals surface area contributed by atoms with E-state index in [1.54, 1.807) is 21.3 Å². The van der Waals surface area contributed by atoms with Crippen LogP contribution in [0, 0.1) is 0 Å². The number of benzene rings is 1. The number of hydrogen-bond acceptors (Lipinski definition) is 7. The number of methoxy groups -OCH3 is 3. The summed E-state index contributed by atoms with van der Waals surface area (Å²) in [5.74, 6) is 1.55. The highest BCUT2D eigenvalue weighted by Crippen LogP contribution is 2.31. The highest BCUT2D eigenvalue weighted by molar-refractivity contribution is 5.39. The zero-order valence-electron chi connectivity index (χ0n) is 15.4. The molecule has 7 heteroatoms. The van der Waals surface area contributed by atoms with E-state index in [1.165, 1.54) is 0 Å². The first-order valence-corrected chi connectivity index (χ1v) is 8.57. The van der Waals surface area contributed by atoms with Gasteiger partial charge in [-0.25, -0.2) is 0 Å². The Morgan fingerprint density at radius 2 is 1.96 bits per heavy atom. The SMILES string of the molecule is COCO[C@@H]1CC(COCc2cc(OC)ccc2OC)=C[C@H]2OCO[C@H]21. The topological polar surface area (TPSA) is 64.6 Å². The second kappa shape index (κ2) is 9.34. The van der Waals surface area contributed by atoms with Gasteiger partial charge < -0.3 is 33.2 Å². The smallest absolute Gasteiger partial charge is 0.148 e. The zero-order valence-corrected chi connectivity index (χ0v) is 15.4. The molecule has 0 N–H and O–H groups in total. The van der Waals surface area contributed by atoms with E-state index in [0.717, 1.165) is 29.1 Å². The molecule has 1 heterocycles. The van der Waals surface area contributed by atoms with Crippen molar-refractivity contribution in [1.82, 2.24) is 0 Å². The van der Waals surface area contributed by atoms with Gasteiger partial charge in [0.1, 0.15) is 37.3 Å². The van der Waals surface area contributed by atoms with Crippen LogP contribution in [0.25, 0.3) is 0 Å². The van der Waals surface area contributed by atoms with E-state index in [-0.39, 0.29) is 31.9 Å². The summed E-state index contributed by atoms with van der Waals surface area (Å²) in [6, 6.07) is 5.66. The molecule has 0 aromatic heterocycles. The molecule has 1 fully saturated rings. The van der Waals surface area contributed by atoms with Crippen molar-refractivity contribution in [2.45, 2.75) is 31.3 Å². The molecule has 0 radical (unpaired) electrons. The third-order valence-electron chi connectivity index (χ3n) is 4.51. The van der Waals surface area contributed by atoms with E-state index in [2.05, 4.69) is 6.08 Å². The van der Waals surface area contributed by atoms with Crippen molar-refractivity contribution in [3.63, 3.8) is 0 Å². The molecule has 144 valence electrons. The minimum absolute atomic E-state index is 0.0904. The Morgan fingerprint density at radius 3 is 2.73 bits per heavy atom. The molecule has 26 heavy (non-hydrogen) atoms. The summed E-state index contributed by atoms with van der Waals surface area (Å²) in [6.45, 7) is 1.42. The van der Waals surface area contributed by atoms with Crippen LogP contribution in [0.2, 0.25) is 0 Å². The normalized spacial score (nSPS) is 24.9. The fourth-order valence-corrected chi connectivity index (χ4v) is 3.23. The van der Waals surface area contributed by atoms with Crippen LogP contribution < -0.4 is 9.47 Å². The summed E-state index contributed by atoms with van der Waals surface area (Å²) in [5, 5.41) is 0. The van der Waals surface area contributed by atoms with Crippen LogP contribution in [0.4, 0.5) is 0 Å². The molecular formula is C19H26O7. The molecule has 1 aliphatic carbocycles. The molecule has 3 rings (SSSR count). The molecule has 1 aromatic rings. The van der Waals surface area contributed by atoms with Crippen molar-refractivity contribution in [2.75, 3.05) is 41.5 Å². The third kappa shape index (κ3) is 4.55. The average molecular weight is 366 g/mol. The van der Waals surface area contributed by atoms with Crippen molar-refractivity contribution in [3.05, 3.63) is 35.4 Å². The van der Waals surface area contributed by atoms with Gasteiger partial charge >= 0.3 is 0 Å². The minimum Gasteiger partial charge on any atom is -0.497 e. The number of ether oxygens (including phenoxy) is 7. The first-order chi connectivity index (χ1) is 12.7. The van der Waals surface area contributed by atoms with Crippen molar-refractivity contribution in [1.29, 1.82) is 0 Å².